The molecule has 0 atom stereocenters. The highest BCUT2D eigenvalue weighted by Crippen LogP contribution is 2.48. The second-order valence-corrected chi connectivity index (χ2v) is 10.8. The summed E-state index contributed by atoms with van der Waals surface area (Å²) in [4.78, 5) is 29.9. The van der Waals surface area contributed by atoms with E-state index in [1.54, 1.807) is 6.20 Å². The highest BCUT2D eigenvalue weighted by molar-refractivity contribution is 8.01. The summed E-state index contributed by atoms with van der Waals surface area (Å²) in [5, 5.41) is 2.92. The molecule has 32 heavy (non-hydrogen) atoms. The van der Waals surface area contributed by atoms with Gasteiger partial charge in [0.25, 0.3) is 0 Å². The van der Waals surface area contributed by atoms with Crippen LogP contribution in [0.5, 0.6) is 0 Å². The number of halogens is 3. The average Bonchev–Trinajstić information content (AvgIpc) is 3.21. The van der Waals surface area contributed by atoms with Crippen LogP contribution in [-0.2, 0) is 9.53 Å². The van der Waals surface area contributed by atoms with E-state index in [0.29, 0.717) is 31.4 Å². The van der Waals surface area contributed by atoms with Crippen LogP contribution in [-0.4, -0.2) is 52.5 Å². The number of hydrogen-bond donors (Lipinski definition) is 1. The van der Waals surface area contributed by atoms with E-state index in [0.717, 1.165) is 34.8 Å². The fourth-order valence-corrected chi connectivity index (χ4v) is 6.58. The first-order valence-electron chi connectivity index (χ1n) is 11.1. The Bertz CT molecular complexity index is 776. The molecule has 6 nitrogen and oxygen atoms in total. The number of alkyl halides is 3. The smallest absolute Gasteiger partial charge is 0.411 e. The molecule has 1 heterocycles. The van der Waals surface area contributed by atoms with E-state index in [-0.39, 0.29) is 30.4 Å². The summed E-state index contributed by atoms with van der Waals surface area (Å²) in [6.07, 6.45) is 2.76. The normalized spacial score (nSPS) is 19.4. The zero-order valence-corrected chi connectivity index (χ0v) is 19.8. The highest BCUT2D eigenvalue weighted by atomic mass is 32.2. The summed E-state index contributed by atoms with van der Waals surface area (Å²) < 4.78 is 48.8. The van der Waals surface area contributed by atoms with Crippen molar-refractivity contribution < 1.29 is 27.5 Å². The Balaban J connectivity index is 1.77. The van der Waals surface area contributed by atoms with Crippen LogP contribution in [0.1, 0.15) is 70.6 Å². The number of ether oxygens (including phenoxy) is 1. The first-order chi connectivity index (χ1) is 15.3. The summed E-state index contributed by atoms with van der Waals surface area (Å²) in [6.45, 7) is 0. The zero-order valence-electron chi connectivity index (χ0n) is 18.2. The molecule has 0 bridgehead atoms. The molecule has 0 spiro atoms. The molecule has 180 valence electrons. The van der Waals surface area contributed by atoms with Crippen LogP contribution in [0.4, 0.5) is 23.1 Å². The average molecular weight is 494 g/mol. The Labute approximate surface area is 194 Å². The maximum atomic E-state index is 14.5. The van der Waals surface area contributed by atoms with Gasteiger partial charge in [-0.3, -0.25) is 10.1 Å². The molecule has 1 aromatic heterocycles. The van der Waals surface area contributed by atoms with E-state index in [9.17, 15) is 22.8 Å². The van der Waals surface area contributed by atoms with Crippen LogP contribution < -0.4 is 5.32 Å². The van der Waals surface area contributed by atoms with Crippen molar-refractivity contribution in [3.63, 3.8) is 0 Å². The van der Waals surface area contributed by atoms with Crippen LogP contribution in [0.2, 0.25) is 0 Å². The van der Waals surface area contributed by atoms with Crippen LogP contribution in [0.15, 0.2) is 10.4 Å². The van der Waals surface area contributed by atoms with Gasteiger partial charge < -0.3 is 9.64 Å². The van der Waals surface area contributed by atoms with Crippen molar-refractivity contribution in [2.75, 3.05) is 18.2 Å². The lowest BCUT2D eigenvalue weighted by molar-refractivity contribution is -0.238. The van der Waals surface area contributed by atoms with Gasteiger partial charge in [0.1, 0.15) is 5.54 Å². The Morgan fingerprint density at radius 1 is 1.22 bits per heavy atom. The summed E-state index contributed by atoms with van der Waals surface area (Å²) in [5.41, 5.74) is -2.12. The maximum absolute atomic E-state index is 14.5. The lowest BCUT2D eigenvalue weighted by atomic mass is 9.77. The molecule has 2 aliphatic carbocycles. The van der Waals surface area contributed by atoms with Crippen LogP contribution in [0, 0.1) is 0 Å². The summed E-state index contributed by atoms with van der Waals surface area (Å²) in [6, 6.07) is -1.13. The second kappa shape index (κ2) is 11.1. The van der Waals surface area contributed by atoms with E-state index in [1.807, 2.05) is 0 Å². The number of methoxy groups -OCH3 is 1. The third kappa shape index (κ3) is 5.89. The van der Waals surface area contributed by atoms with Crippen molar-refractivity contribution in [1.82, 2.24) is 9.88 Å². The van der Waals surface area contributed by atoms with Gasteiger partial charge in [-0.2, -0.15) is 13.2 Å². The fourth-order valence-electron chi connectivity index (χ4n) is 4.72. The number of amides is 2. The minimum atomic E-state index is -4.49. The molecule has 0 radical (unpaired) electrons. The van der Waals surface area contributed by atoms with Crippen molar-refractivity contribution in [3.8, 4) is 0 Å². The van der Waals surface area contributed by atoms with Gasteiger partial charge in [-0.1, -0.05) is 49.9 Å². The van der Waals surface area contributed by atoms with Gasteiger partial charge >= 0.3 is 18.2 Å². The van der Waals surface area contributed by atoms with Gasteiger partial charge in [0.05, 0.1) is 23.9 Å². The Hall–Kier alpha value is -1.49. The summed E-state index contributed by atoms with van der Waals surface area (Å²) >= 11 is 2.59. The number of rotatable bonds is 7. The largest absolute Gasteiger partial charge is 0.469 e. The number of esters is 1. The van der Waals surface area contributed by atoms with Crippen molar-refractivity contribution in [2.45, 2.75) is 92.6 Å². The monoisotopic (exact) mass is 493 g/mol. The van der Waals surface area contributed by atoms with Gasteiger partial charge in [-0.25, -0.2) is 9.78 Å². The predicted octanol–water partition coefficient (Wildman–Crippen LogP) is 6.23. The molecule has 2 aliphatic rings. The van der Waals surface area contributed by atoms with Gasteiger partial charge in [-0.05, 0) is 25.7 Å². The van der Waals surface area contributed by atoms with Gasteiger partial charge in [-0.15, -0.1) is 11.8 Å². The number of urea groups is 1. The van der Waals surface area contributed by atoms with E-state index < -0.39 is 23.8 Å². The first kappa shape index (κ1) is 25.1. The number of aromatic nitrogens is 1. The van der Waals surface area contributed by atoms with Gasteiger partial charge in [0.2, 0.25) is 0 Å². The maximum Gasteiger partial charge on any atom is 0.411 e. The standard InChI is InChI=1S/C21H30F3N3O3S2/c1-30-16(28)10-13-31-17-14-25-18(32-17)26-19(29)27(15-8-4-2-5-9-15)20(21(22,23)24)11-6-3-7-12-20/h14-15H,2-13H2,1H3,(H,25,26,29). The van der Waals surface area contributed by atoms with Crippen molar-refractivity contribution in [3.05, 3.63) is 6.20 Å². The molecular formula is C21H30F3N3O3S2. The Morgan fingerprint density at radius 2 is 1.88 bits per heavy atom. The summed E-state index contributed by atoms with van der Waals surface area (Å²) in [5.74, 6) is 0.178. The molecule has 1 aromatic rings. The highest BCUT2D eigenvalue weighted by Gasteiger charge is 2.61. The zero-order chi connectivity index (χ0) is 23.2. The molecule has 11 heteroatoms. The number of carbonyl (C=O) groups is 2. The fraction of sp³-hybridized carbons (Fsp3) is 0.762. The van der Waals surface area contributed by atoms with Gasteiger partial charge in [0, 0.05) is 11.8 Å². The predicted molar refractivity (Wildman–Crippen MR) is 119 cm³/mol. The summed E-state index contributed by atoms with van der Waals surface area (Å²) in [7, 11) is 1.32. The quantitative estimate of drug-likeness (QED) is 0.360. The van der Waals surface area contributed by atoms with Crippen LogP contribution >= 0.6 is 23.1 Å². The molecule has 2 amide bonds. The van der Waals surface area contributed by atoms with E-state index in [1.165, 1.54) is 30.2 Å². The lowest BCUT2D eigenvalue weighted by Gasteiger charge is -2.51. The molecule has 1 N–H and O–H groups in total. The molecule has 0 aliphatic heterocycles. The molecule has 2 saturated carbocycles. The Kier molecular flexibility index (Phi) is 8.71. The van der Waals surface area contributed by atoms with Crippen molar-refractivity contribution in [2.24, 2.45) is 0 Å². The van der Waals surface area contributed by atoms with E-state index in [4.69, 9.17) is 0 Å². The Morgan fingerprint density at radius 3 is 2.50 bits per heavy atom. The number of thioether (sulfide) groups is 1. The number of nitrogens with one attached hydrogen (secondary N) is 1. The van der Waals surface area contributed by atoms with Crippen LogP contribution in [0.3, 0.4) is 0 Å². The lowest BCUT2D eigenvalue weighted by Crippen LogP contribution is -2.65. The second-order valence-electron chi connectivity index (χ2n) is 8.34. The van der Waals surface area contributed by atoms with Gasteiger partial charge in [0.15, 0.2) is 5.13 Å². The number of thiazole rings is 1. The third-order valence-corrected chi connectivity index (χ3v) is 8.41. The van der Waals surface area contributed by atoms with E-state index >= 15 is 0 Å². The molecule has 0 unspecified atom stereocenters. The number of carbonyl (C=O) groups excluding carboxylic acids is 2. The molecule has 0 saturated heterocycles. The molecule has 2 fully saturated rings. The van der Waals surface area contributed by atoms with Crippen molar-refractivity contribution in [1.29, 1.82) is 0 Å². The third-order valence-electron chi connectivity index (χ3n) is 6.30. The van der Waals surface area contributed by atoms with Crippen LogP contribution in [0.25, 0.3) is 0 Å². The topological polar surface area (TPSA) is 71.5 Å². The van der Waals surface area contributed by atoms with E-state index in [2.05, 4.69) is 15.0 Å². The molecule has 3 rings (SSSR count). The molecule has 0 aromatic carbocycles. The number of hydrogen-bond acceptors (Lipinski definition) is 6. The minimum absolute atomic E-state index is 0.0487. The molecular weight excluding hydrogens is 463 g/mol. The number of nitrogens with zero attached hydrogens (tertiary/aromatic N) is 2. The SMILES string of the molecule is COC(=O)CCSc1cnc(NC(=O)N(C2CCCCC2)C2(C(F)(F)F)CCCCC2)s1. The number of anilines is 1. The minimum Gasteiger partial charge on any atom is -0.469 e. The first-order valence-corrected chi connectivity index (χ1v) is 12.9. The van der Waals surface area contributed by atoms with Crippen molar-refractivity contribution >= 4 is 40.2 Å².